The quantitative estimate of drug-likeness (QED) is 0.296. The fourth-order valence-electron chi connectivity index (χ4n) is 6.98. The van der Waals surface area contributed by atoms with Crippen LogP contribution in [0.15, 0.2) is 39.3 Å². The van der Waals surface area contributed by atoms with E-state index in [1.165, 1.54) is 23.1 Å². The molecule has 2 aromatic heterocycles. The maximum Gasteiger partial charge on any atom is 0.274 e. The zero-order valence-electron chi connectivity index (χ0n) is 29.1. The molecule has 4 aliphatic rings. The molecule has 1 aromatic carbocycles. The van der Waals surface area contributed by atoms with Gasteiger partial charge in [-0.05, 0) is 74.4 Å². The van der Waals surface area contributed by atoms with Crippen LogP contribution in [-0.4, -0.2) is 87.6 Å². The molecule has 2 saturated carbocycles. The van der Waals surface area contributed by atoms with Crippen molar-refractivity contribution in [2.75, 3.05) is 6.54 Å². The summed E-state index contributed by atoms with van der Waals surface area (Å²) in [5, 5.41) is 8.72. The third-order valence-electron chi connectivity index (χ3n) is 10.1. The number of carbonyl (C=O) groups is 4. The minimum atomic E-state index is -3.92. The van der Waals surface area contributed by atoms with Crippen molar-refractivity contribution in [1.29, 1.82) is 0 Å². The number of carbonyl (C=O) groups excluding carboxylic acids is 4. The van der Waals surface area contributed by atoms with Crippen molar-refractivity contribution < 1.29 is 41.2 Å². The third kappa shape index (κ3) is 7.79. The van der Waals surface area contributed by atoms with E-state index in [-0.39, 0.29) is 42.9 Å². The van der Waals surface area contributed by atoms with Gasteiger partial charge in [-0.25, -0.2) is 22.8 Å². The van der Waals surface area contributed by atoms with Crippen molar-refractivity contribution in [3.8, 4) is 5.88 Å². The number of amides is 4. The molecule has 4 heterocycles. The van der Waals surface area contributed by atoms with Gasteiger partial charge in [0.1, 0.15) is 46.5 Å². The molecule has 2 aliphatic carbocycles. The Bertz CT molecular complexity index is 2130. The highest BCUT2D eigenvalue weighted by Crippen LogP contribution is 2.46. The number of sulfonamides is 1. The zero-order chi connectivity index (χ0) is 37.7. The molecule has 4 amide bonds. The van der Waals surface area contributed by atoms with Gasteiger partial charge in [-0.15, -0.1) is 0 Å². The summed E-state index contributed by atoms with van der Waals surface area (Å²) >= 11 is 3.31. The minimum absolute atomic E-state index is 0.00411. The van der Waals surface area contributed by atoms with Gasteiger partial charge < -0.3 is 24.8 Å². The second-order valence-corrected chi connectivity index (χ2v) is 17.0. The molecule has 3 fully saturated rings. The van der Waals surface area contributed by atoms with Crippen molar-refractivity contribution in [3.63, 3.8) is 0 Å². The maximum atomic E-state index is 14.5. The number of halogens is 2. The van der Waals surface area contributed by atoms with Crippen LogP contribution >= 0.6 is 15.9 Å². The minimum Gasteiger partial charge on any atom is -0.471 e. The van der Waals surface area contributed by atoms with Crippen LogP contribution < -0.4 is 20.1 Å². The van der Waals surface area contributed by atoms with E-state index in [0.29, 0.717) is 47.1 Å². The number of nitrogens with one attached hydrogen (secondary N) is 3. The van der Waals surface area contributed by atoms with Crippen molar-refractivity contribution in [2.45, 2.75) is 101 Å². The molecule has 3 aromatic rings. The number of ether oxygens (including phenoxy) is 1. The fourth-order valence-corrected chi connectivity index (χ4v) is 8.85. The normalized spacial score (nSPS) is 26.5. The predicted octanol–water partition coefficient (Wildman–Crippen LogP) is 3.29. The van der Waals surface area contributed by atoms with E-state index in [9.17, 15) is 32.0 Å². The summed E-state index contributed by atoms with van der Waals surface area (Å²) in [5.41, 5.74) is -0.508. The molecule has 282 valence electrons. The number of allylic oxidation sites excluding steroid dienone is 1. The molecule has 7 rings (SSSR count). The summed E-state index contributed by atoms with van der Waals surface area (Å²) in [5.74, 6) is -3.18. The lowest BCUT2D eigenvalue weighted by molar-refractivity contribution is -0.141. The number of benzene rings is 1. The SMILES string of the molecule is Cc1cc(C(=O)N[C@H]2CCCCCC=C[C@@H]3C[C@@]3(C(=O)NS(=O)(=O)C3CC3)NC(=O)[C@@H]3C[C@@H](Oc4nc5cc(F)cc(Br)c5nc4C)CN3C2=O)no1. The lowest BCUT2D eigenvalue weighted by atomic mass is 10.0. The van der Waals surface area contributed by atoms with E-state index in [0.717, 1.165) is 12.8 Å². The lowest BCUT2D eigenvalue weighted by Gasteiger charge is -2.29. The summed E-state index contributed by atoms with van der Waals surface area (Å²) in [7, 11) is -3.92. The first kappa shape index (κ1) is 36.9. The molecule has 0 spiro atoms. The Balaban J connectivity index is 1.20. The highest BCUT2D eigenvalue weighted by molar-refractivity contribution is 9.10. The van der Waals surface area contributed by atoms with Crippen LogP contribution in [0.1, 0.15) is 79.7 Å². The summed E-state index contributed by atoms with van der Waals surface area (Å²) < 4.78 is 53.8. The van der Waals surface area contributed by atoms with Gasteiger partial charge in [0.15, 0.2) is 5.69 Å². The van der Waals surface area contributed by atoms with Gasteiger partial charge in [0.2, 0.25) is 27.7 Å². The van der Waals surface area contributed by atoms with Crippen LogP contribution in [0.4, 0.5) is 4.39 Å². The monoisotopic (exact) mass is 815 g/mol. The average molecular weight is 817 g/mol. The Morgan fingerprint density at radius 1 is 1.11 bits per heavy atom. The number of aryl methyl sites for hydroxylation is 2. The molecule has 1 saturated heterocycles. The molecule has 18 heteroatoms. The second-order valence-electron chi connectivity index (χ2n) is 14.2. The van der Waals surface area contributed by atoms with E-state index in [4.69, 9.17) is 9.26 Å². The molecular formula is C35H39BrFN7O8S. The van der Waals surface area contributed by atoms with Crippen molar-refractivity contribution in [2.24, 2.45) is 5.92 Å². The molecule has 0 radical (unpaired) electrons. The maximum absolute atomic E-state index is 14.5. The molecule has 0 bridgehead atoms. The first-order valence-corrected chi connectivity index (χ1v) is 20.0. The fraction of sp³-hybridized carbons (Fsp3) is 0.514. The largest absolute Gasteiger partial charge is 0.471 e. The smallest absolute Gasteiger partial charge is 0.274 e. The number of fused-ring (bicyclic) bond motifs is 3. The van der Waals surface area contributed by atoms with Gasteiger partial charge in [0, 0.05) is 28.9 Å². The summed E-state index contributed by atoms with van der Waals surface area (Å²) in [6.45, 7) is 3.20. The molecule has 5 atom stereocenters. The van der Waals surface area contributed by atoms with Crippen LogP contribution in [0.25, 0.3) is 11.0 Å². The van der Waals surface area contributed by atoms with Crippen LogP contribution in [-0.2, 0) is 24.4 Å². The van der Waals surface area contributed by atoms with Gasteiger partial charge in [-0.1, -0.05) is 30.2 Å². The number of rotatable bonds is 7. The Morgan fingerprint density at radius 3 is 2.64 bits per heavy atom. The first-order valence-electron chi connectivity index (χ1n) is 17.6. The van der Waals surface area contributed by atoms with E-state index < -0.39 is 74.4 Å². The zero-order valence-corrected chi connectivity index (χ0v) is 31.5. The summed E-state index contributed by atoms with van der Waals surface area (Å²) in [6, 6.07) is 1.71. The van der Waals surface area contributed by atoms with Gasteiger partial charge >= 0.3 is 0 Å². The predicted molar refractivity (Wildman–Crippen MR) is 190 cm³/mol. The molecule has 0 unspecified atom stereocenters. The van der Waals surface area contributed by atoms with Crippen LogP contribution in [0.3, 0.4) is 0 Å². The standard InChI is InChI=1S/C35H39BrFN7O8S/c1-18-12-27(42-52-18)30(45)39-25-9-7-5-3-4-6-8-20-16-35(20,34(48)43-53(49,50)23-10-11-23)41-31(46)28-15-22(17-44(28)33(25)47)51-32-19(2)38-29-24(36)13-21(37)14-26(29)40-32/h6,8,12-14,20,22-23,25,28H,3-5,7,9-11,15-17H2,1-2H3,(H,39,45)(H,41,46)(H,43,48)/t20-,22-,25+,28+,35-/m1/s1. The molecular weight excluding hydrogens is 777 g/mol. The second kappa shape index (κ2) is 14.4. The Kier molecular flexibility index (Phi) is 10.0. The van der Waals surface area contributed by atoms with Gasteiger partial charge in [-0.3, -0.25) is 23.9 Å². The highest BCUT2D eigenvalue weighted by atomic mass is 79.9. The van der Waals surface area contributed by atoms with Crippen molar-refractivity contribution in [3.05, 3.63) is 57.8 Å². The van der Waals surface area contributed by atoms with Crippen molar-refractivity contribution >= 4 is 60.6 Å². The molecule has 15 nitrogen and oxygen atoms in total. The Hall–Kier alpha value is -4.45. The number of nitrogens with zero attached hydrogens (tertiary/aromatic N) is 4. The van der Waals surface area contributed by atoms with E-state index >= 15 is 0 Å². The molecule has 53 heavy (non-hydrogen) atoms. The number of hydrogen-bond donors (Lipinski definition) is 3. The molecule has 3 N–H and O–H groups in total. The van der Waals surface area contributed by atoms with Gasteiger partial charge in [0.05, 0.1) is 17.3 Å². The van der Waals surface area contributed by atoms with Crippen LogP contribution in [0, 0.1) is 25.6 Å². The van der Waals surface area contributed by atoms with E-state index in [1.807, 2.05) is 12.2 Å². The van der Waals surface area contributed by atoms with Gasteiger partial charge in [0.25, 0.3) is 11.8 Å². The highest BCUT2D eigenvalue weighted by Gasteiger charge is 2.62. The third-order valence-corrected chi connectivity index (χ3v) is 12.5. The van der Waals surface area contributed by atoms with Gasteiger partial charge in [-0.2, -0.15) is 0 Å². The van der Waals surface area contributed by atoms with E-state index in [1.54, 1.807) is 13.8 Å². The topological polar surface area (TPSA) is 203 Å². The Labute approximate surface area is 313 Å². The van der Waals surface area contributed by atoms with E-state index in [2.05, 4.69) is 46.4 Å². The van der Waals surface area contributed by atoms with Crippen molar-refractivity contribution in [1.82, 2.24) is 35.4 Å². The average Bonchev–Trinajstić information content (AvgIpc) is 3.99. The lowest BCUT2D eigenvalue weighted by Crippen LogP contribution is -2.58. The number of hydrogen-bond acceptors (Lipinski definition) is 11. The summed E-state index contributed by atoms with van der Waals surface area (Å²) in [4.78, 5) is 66.0. The molecule has 2 aliphatic heterocycles. The summed E-state index contributed by atoms with van der Waals surface area (Å²) in [6.07, 6.45) is 7.00. The van der Waals surface area contributed by atoms with Crippen LogP contribution in [0.5, 0.6) is 5.88 Å². The Morgan fingerprint density at radius 2 is 1.91 bits per heavy atom. The number of aromatic nitrogens is 3. The first-order chi connectivity index (χ1) is 25.2. The van der Waals surface area contributed by atoms with Crippen LogP contribution in [0.2, 0.25) is 0 Å².